The maximum absolute atomic E-state index is 12.7. The van der Waals surface area contributed by atoms with Gasteiger partial charge in [-0.1, -0.05) is 13.8 Å². The van der Waals surface area contributed by atoms with Crippen LogP contribution in [0.4, 0.5) is 5.95 Å². The van der Waals surface area contributed by atoms with E-state index < -0.39 is 48.6 Å². The third-order valence-electron chi connectivity index (χ3n) is 6.21. The highest BCUT2D eigenvalue weighted by Crippen LogP contribution is 2.59. The molecule has 1 fully saturated rings. The van der Waals surface area contributed by atoms with Crippen LogP contribution in [-0.4, -0.2) is 64.0 Å². The van der Waals surface area contributed by atoms with Crippen LogP contribution in [0.15, 0.2) is 17.1 Å². The van der Waals surface area contributed by atoms with Crippen LogP contribution in [0, 0.1) is 0 Å². The van der Waals surface area contributed by atoms with Crippen molar-refractivity contribution < 1.29 is 34.0 Å². The van der Waals surface area contributed by atoms with Crippen molar-refractivity contribution in [1.29, 1.82) is 0 Å². The molecule has 0 amide bonds. The standard InChI is InChI=1S/C19H31N4O8P/c1-5-18(3,31-32(28,29)19(4,27)6-2)9-11-12(24)13(25)16(30-11)23-8-7-10-14(23)21-17(20)22-15(10)26/h7-8,11-13,16,24-25,27H,5-6,9H2,1-4H3,(H,28,29)(H3,20,21,22,26)/t11?,12?,13-,16?,18?,19?/m1/s1. The fourth-order valence-electron chi connectivity index (χ4n) is 3.66. The topological polar surface area (TPSA) is 193 Å². The number of ether oxygens (including phenoxy) is 1. The van der Waals surface area contributed by atoms with Gasteiger partial charge in [0.15, 0.2) is 17.2 Å². The summed E-state index contributed by atoms with van der Waals surface area (Å²) in [6.45, 7) is 6.09. The van der Waals surface area contributed by atoms with E-state index in [1.165, 1.54) is 23.8 Å². The van der Waals surface area contributed by atoms with Gasteiger partial charge in [0.25, 0.3) is 5.56 Å². The smallest absolute Gasteiger partial charge is 0.359 e. The molecular weight excluding hydrogens is 443 g/mol. The maximum Gasteiger partial charge on any atom is 0.359 e. The van der Waals surface area contributed by atoms with Crippen molar-refractivity contribution in [2.75, 3.05) is 5.73 Å². The first-order valence-electron chi connectivity index (χ1n) is 10.4. The highest BCUT2D eigenvalue weighted by molar-refractivity contribution is 7.54. The number of hydrogen-bond acceptors (Lipinski definition) is 9. The third kappa shape index (κ3) is 4.36. The van der Waals surface area contributed by atoms with Gasteiger partial charge in [0.1, 0.15) is 12.2 Å². The molecule has 1 aliphatic rings. The van der Waals surface area contributed by atoms with E-state index in [1.807, 2.05) is 0 Å². The van der Waals surface area contributed by atoms with Crippen LogP contribution in [0.5, 0.6) is 0 Å². The summed E-state index contributed by atoms with van der Waals surface area (Å²) in [5, 5.41) is 29.8. The Morgan fingerprint density at radius 3 is 2.56 bits per heavy atom. The highest BCUT2D eigenvalue weighted by Gasteiger charge is 2.50. The molecule has 2 aromatic heterocycles. The Kier molecular flexibility index (Phi) is 6.62. The first-order valence-corrected chi connectivity index (χ1v) is 12.0. The molecule has 0 bridgehead atoms. The minimum Gasteiger partial charge on any atom is -0.388 e. The van der Waals surface area contributed by atoms with E-state index >= 15 is 0 Å². The predicted octanol–water partition coefficient (Wildman–Crippen LogP) is 0.805. The van der Waals surface area contributed by atoms with Crippen LogP contribution < -0.4 is 11.3 Å². The summed E-state index contributed by atoms with van der Waals surface area (Å²) in [6, 6.07) is 1.49. The van der Waals surface area contributed by atoms with Crippen molar-refractivity contribution in [2.45, 2.75) is 82.4 Å². The Hall–Kier alpha value is -1.79. The summed E-state index contributed by atoms with van der Waals surface area (Å²) in [7, 11) is -4.44. The average Bonchev–Trinajstić information content (AvgIpc) is 3.23. The Morgan fingerprint density at radius 2 is 1.97 bits per heavy atom. The molecule has 0 aromatic carbocycles. The van der Waals surface area contributed by atoms with Gasteiger partial charge in [-0.05, 0) is 32.8 Å². The summed E-state index contributed by atoms with van der Waals surface area (Å²) in [6.07, 6.45) is -3.06. The number of aliphatic hydroxyl groups excluding tert-OH is 2. The fourth-order valence-corrected chi connectivity index (χ4v) is 5.06. The third-order valence-corrected chi connectivity index (χ3v) is 8.44. The molecule has 7 N–H and O–H groups in total. The Balaban J connectivity index is 1.86. The van der Waals surface area contributed by atoms with Gasteiger partial charge >= 0.3 is 7.60 Å². The quantitative estimate of drug-likeness (QED) is 0.298. The molecule has 1 saturated heterocycles. The molecule has 13 heteroatoms. The molecular formula is C19H31N4O8P. The van der Waals surface area contributed by atoms with Crippen molar-refractivity contribution in [3.8, 4) is 0 Å². The lowest BCUT2D eigenvalue weighted by Gasteiger charge is -2.37. The number of aliphatic hydroxyl groups is 3. The summed E-state index contributed by atoms with van der Waals surface area (Å²) in [5.41, 5.74) is 4.10. The minimum absolute atomic E-state index is 0.000120. The second-order valence-corrected chi connectivity index (χ2v) is 10.8. The second kappa shape index (κ2) is 8.53. The van der Waals surface area contributed by atoms with E-state index in [4.69, 9.17) is 15.0 Å². The van der Waals surface area contributed by atoms with Gasteiger partial charge in [-0.3, -0.25) is 14.3 Å². The number of H-pyrrole nitrogens is 1. The summed E-state index contributed by atoms with van der Waals surface area (Å²) >= 11 is 0. The van der Waals surface area contributed by atoms with Gasteiger partial charge in [-0.2, -0.15) is 4.98 Å². The zero-order valence-electron chi connectivity index (χ0n) is 18.4. The molecule has 180 valence electrons. The lowest BCUT2D eigenvalue weighted by Crippen LogP contribution is -2.40. The van der Waals surface area contributed by atoms with E-state index in [2.05, 4.69) is 9.97 Å². The number of aromatic nitrogens is 3. The SMILES string of the molecule is CCC(C)(CC1OC(n2ccc3c(=O)[nH]c(N)nc32)[C@H](O)C1O)OP(=O)(O)C(C)(O)CC. The predicted molar refractivity (Wildman–Crippen MR) is 116 cm³/mol. The molecule has 3 heterocycles. The number of nitrogens with one attached hydrogen (secondary N) is 1. The summed E-state index contributed by atoms with van der Waals surface area (Å²) < 4.78 is 25.5. The van der Waals surface area contributed by atoms with Crippen LogP contribution in [0.3, 0.4) is 0 Å². The Bertz CT molecular complexity index is 1080. The molecule has 2 aromatic rings. The zero-order chi connectivity index (χ0) is 24.1. The Labute approximate surface area is 184 Å². The van der Waals surface area contributed by atoms with Gasteiger partial charge < -0.3 is 39.8 Å². The van der Waals surface area contributed by atoms with Crippen molar-refractivity contribution >= 4 is 24.6 Å². The molecule has 3 rings (SSSR count). The fraction of sp³-hybridized carbons (Fsp3) is 0.684. The molecule has 0 saturated carbocycles. The van der Waals surface area contributed by atoms with E-state index in [0.717, 1.165) is 0 Å². The van der Waals surface area contributed by atoms with Crippen LogP contribution in [0.2, 0.25) is 0 Å². The molecule has 0 spiro atoms. The number of aromatic amines is 1. The summed E-state index contributed by atoms with van der Waals surface area (Å²) in [5.74, 6) is -0.110. The van der Waals surface area contributed by atoms with Gasteiger partial charge in [0.05, 0.1) is 17.1 Å². The highest BCUT2D eigenvalue weighted by atomic mass is 31.2. The molecule has 32 heavy (non-hydrogen) atoms. The first-order chi connectivity index (χ1) is 14.7. The van der Waals surface area contributed by atoms with Crippen LogP contribution >= 0.6 is 7.60 Å². The van der Waals surface area contributed by atoms with E-state index in [1.54, 1.807) is 20.8 Å². The largest absolute Gasteiger partial charge is 0.388 e. The number of anilines is 1. The molecule has 1 aliphatic heterocycles. The monoisotopic (exact) mass is 474 g/mol. The van der Waals surface area contributed by atoms with E-state index in [9.17, 15) is 29.6 Å². The zero-order valence-corrected chi connectivity index (χ0v) is 19.3. The van der Waals surface area contributed by atoms with Gasteiger partial charge in [-0.15, -0.1) is 0 Å². The van der Waals surface area contributed by atoms with Crippen molar-refractivity contribution in [3.05, 3.63) is 22.6 Å². The lowest BCUT2D eigenvalue weighted by molar-refractivity contribution is -0.0688. The second-order valence-electron chi connectivity index (χ2n) is 8.65. The van der Waals surface area contributed by atoms with Crippen LogP contribution in [-0.2, 0) is 13.8 Å². The number of hydrogen-bond donors (Lipinski definition) is 6. The van der Waals surface area contributed by atoms with Crippen molar-refractivity contribution in [2.24, 2.45) is 0 Å². The average molecular weight is 474 g/mol. The number of nitrogen functional groups attached to an aromatic ring is 1. The van der Waals surface area contributed by atoms with Gasteiger partial charge in [0.2, 0.25) is 5.95 Å². The number of nitrogens with two attached hydrogens (primary N) is 1. The van der Waals surface area contributed by atoms with Crippen molar-refractivity contribution in [1.82, 2.24) is 14.5 Å². The number of fused-ring (bicyclic) bond motifs is 1. The van der Waals surface area contributed by atoms with Gasteiger partial charge in [-0.25, -0.2) is 0 Å². The first kappa shape index (κ1) is 24.8. The Morgan fingerprint density at radius 1 is 1.31 bits per heavy atom. The minimum atomic E-state index is -4.44. The van der Waals surface area contributed by atoms with Crippen molar-refractivity contribution in [3.63, 3.8) is 0 Å². The van der Waals surface area contributed by atoms with E-state index in [0.29, 0.717) is 0 Å². The lowest BCUT2D eigenvalue weighted by atomic mass is 9.93. The molecule has 0 radical (unpaired) electrons. The molecule has 12 nitrogen and oxygen atoms in total. The van der Waals surface area contributed by atoms with Crippen LogP contribution in [0.1, 0.15) is 53.2 Å². The van der Waals surface area contributed by atoms with Gasteiger partial charge in [0, 0.05) is 12.6 Å². The maximum atomic E-state index is 12.7. The number of nitrogens with zero attached hydrogens (tertiary/aromatic N) is 2. The van der Waals surface area contributed by atoms with E-state index in [-0.39, 0.29) is 36.2 Å². The molecule has 6 unspecified atom stereocenters. The van der Waals surface area contributed by atoms with Crippen LogP contribution in [0.25, 0.3) is 11.0 Å². The molecule has 0 aliphatic carbocycles. The normalized spacial score (nSPS) is 29.5. The summed E-state index contributed by atoms with van der Waals surface area (Å²) in [4.78, 5) is 28.9. The molecule has 7 atom stereocenters. The number of rotatable bonds is 8.